The number of allylic oxidation sites excluding steroid dienone is 15. The van der Waals surface area contributed by atoms with Crippen LogP contribution in [0.2, 0.25) is 0 Å². The van der Waals surface area contributed by atoms with E-state index in [9.17, 15) is 14.4 Å². The Hall–Kier alpha value is -3.67. The van der Waals surface area contributed by atoms with E-state index in [1.807, 2.05) is 6.08 Å². The van der Waals surface area contributed by atoms with Gasteiger partial charge in [0.15, 0.2) is 6.10 Å². The Morgan fingerprint density at radius 2 is 0.662 bits per heavy atom. The lowest BCUT2D eigenvalue weighted by Gasteiger charge is -2.18. The second-order valence-electron chi connectivity index (χ2n) is 17.4. The highest BCUT2D eigenvalue weighted by molar-refractivity contribution is 5.72. The largest absolute Gasteiger partial charge is 0.462 e. The fourth-order valence-corrected chi connectivity index (χ4v) is 7.14. The maximum Gasteiger partial charge on any atom is 0.309 e. The van der Waals surface area contributed by atoms with Gasteiger partial charge in [0.1, 0.15) is 13.2 Å². The minimum Gasteiger partial charge on any atom is -0.462 e. The normalized spacial score (nSPS) is 12.8. The Bertz CT molecular complexity index is 1310. The number of hydrogen-bond donors (Lipinski definition) is 0. The molecule has 370 valence electrons. The third-order valence-electron chi connectivity index (χ3n) is 11.1. The van der Waals surface area contributed by atoms with Crippen molar-refractivity contribution in [3.05, 3.63) is 97.2 Å². The lowest BCUT2D eigenvalue weighted by Crippen LogP contribution is -2.30. The highest BCUT2D eigenvalue weighted by atomic mass is 16.6. The zero-order valence-corrected chi connectivity index (χ0v) is 42.2. The Balaban J connectivity index is 4.38. The zero-order valence-electron chi connectivity index (χ0n) is 42.2. The number of hydrogen-bond acceptors (Lipinski definition) is 6. The van der Waals surface area contributed by atoms with E-state index in [4.69, 9.17) is 14.2 Å². The van der Waals surface area contributed by atoms with Gasteiger partial charge in [-0.25, -0.2) is 0 Å². The van der Waals surface area contributed by atoms with E-state index in [0.29, 0.717) is 12.8 Å². The predicted molar refractivity (Wildman–Crippen MR) is 279 cm³/mol. The molecule has 6 heteroatoms. The van der Waals surface area contributed by atoms with Crippen LogP contribution < -0.4 is 0 Å². The first kappa shape index (κ1) is 61.3. The molecule has 0 fully saturated rings. The molecule has 0 amide bonds. The van der Waals surface area contributed by atoms with Crippen LogP contribution in [-0.2, 0) is 28.6 Å². The van der Waals surface area contributed by atoms with Gasteiger partial charge < -0.3 is 14.2 Å². The lowest BCUT2D eigenvalue weighted by atomic mass is 10.1. The van der Waals surface area contributed by atoms with Crippen LogP contribution in [0.4, 0.5) is 0 Å². The van der Waals surface area contributed by atoms with Crippen molar-refractivity contribution in [2.75, 3.05) is 13.2 Å². The summed E-state index contributed by atoms with van der Waals surface area (Å²) >= 11 is 0. The maximum atomic E-state index is 12.8. The molecule has 1 atom stereocenters. The van der Waals surface area contributed by atoms with E-state index in [-0.39, 0.29) is 31.6 Å². The van der Waals surface area contributed by atoms with E-state index >= 15 is 0 Å². The monoisotopic (exact) mass is 903 g/mol. The van der Waals surface area contributed by atoms with Crippen molar-refractivity contribution in [3.8, 4) is 0 Å². The van der Waals surface area contributed by atoms with Crippen LogP contribution in [-0.4, -0.2) is 37.2 Å². The zero-order chi connectivity index (χ0) is 47.2. The average Bonchev–Trinajstić information content (AvgIpc) is 3.30. The molecule has 0 rings (SSSR count). The summed E-state index contributed by atoms with van der Waals surface area (Å²) in [5, 5.41) is 0. The van der Waals surface area contributed by atoms with Gasteiger partial charge in [-0.2, -0.15) is 0 Å². The second-order valence-corrected chi connectivity index (χ2v) is 17.4. The number of esters is 3. The number of rotatable bonds is 47. The molecule has 1 unspecified atom stereocenters. The number of carbonyl (C=O) groups is 3. The third kappa shape index (κ3) is 51.2. The highest BCUT2D eigenvalue weighted by Gasteiger charge is 2.19. The van der Waals surface area contributed by atoms with Crippen molar-refractivity contribution in [3.63, 3.8) is 0 Å². The van der Waals surface area contributed by atoms with E-state index in [2.05, 4.69) is 106 Å². The first-order valence-corrected chi connectivity index (χ1v) is 26.7. The van der Waals surface area contributed by atoms with Gasteiger partial charge in [0, 0.05) is 12.8 Å². The van der Waals surface area contributed by atoms with Crippen LogP contribution in [0.1, 0.15) is 239 Å². The van der Waals surface area contributed by atoms with Crippen LogP contribution in [0.15, 0.2) is 97.2 Å². The molecule has 0 aliphatic carbocycles. The Morgan fingerprint density at radius 1 is 0.338 bits per heavy atom. The Kier molecular flexibility index (Phi) is 50.0. The number of ether oxygens (including phenoxy) is 3. The number of unbranched alkanes of at least 4 members (excludes halogenated alkanes) is 21. The standard InChI is InChI=1S/C59H98O6/c1-4-7-10-13-16-19-21-23-25-27-29-31-33-35-37-40-43-46-49-52-58(61)64-55-56(54-63-57(60)51-48-45-42-39-18-15-12-9-6-3)65-59(62)53-50-47-44-41-38-36-34-32-30-28-26-24-22-20-17-14-11-8-5-2/h7,9-10,12,16,18-19,23,25,28-31,39,45,48,56H,4-6,8,11,13-15,17,20-22,24,26-27,32-38,40-44,46-47,49-55H2,1-3H3/b10-7-,12-9-,19-16-,25-23-,30-28-,31-29-,39-18-,48-45-. The molecule has 65 heavy (non-hydrogen) atoms. The Morgan fingerprint density at radius 3 is 1.09 bits per heavy atom. The SMILES string of the molecule is CC/C=C\C/C=C\C/C=C\C/C=C\CCCCCCCCC(=O)OCC(COC(=O)C/C=C\C/C=C\C/C=C\CC)OC(=O)CCCCCCCCC/C=C\CCCCCCCCCC. The summed E-state index contributed by atoms with van der Waals surface area (Å²) < 4.78 is 16.7. The molecule has 0 aromatic heterocycles. The first-order valence-electron chi connectivity index (χ1n) is 26.7. The second kappa shape index (κ2) is 52.9. The summed E-state index contributed by atoms with van der Waals surface area (Å²) in [5.41, 5.74) is 0. The number of carbonyl (C=O) groups excluding carboxylic acids is 3. The van der Waals surface area contributed by atoms with Gasteiger partial charge in [-0.15, -0.1) is 0 Å². The first-order chi connectivity index (χ1) is 32.0. The van der Waals surface area contributed by atoms with Gasteiger partial charge in [-0.05, 0) is 96.3 Å². The molecular weight excluding hydrogens is 805 g/mol. The van der Waals surface area contributed by atoms with Crippen molar-refractivity contribution < 1.29 is 28.6 Å². The average molecular weight is 903 g/mol. The molecule has 0 saturated heterocycles. The fraction of sp³-hybridized carbons (Fsp3) is 0.678. The third-order valence-corrected chi connectivity index (χ3v) is 11.1. The summed E-state index contributed by atoms with van der Waals surface area (Å²) in [6.07, 6.45) is 70.1. The van der Waals surface area contributed by atoms with Crippen LogP contribution >= 0.6 is 0 Å². The van der Waals surface area contributed by atoms with Gasteiger partial charge in [0.05, 0.1) is 6.42 Å². The van der Waals surface area contributed by atoms with Crippen molar-refractivity contribution in [2.24, 2.45) is 0 Å². The van der Waals surface area contributed by atoms with Crippen LogP contribution in [0.5, 0.6) is 0 Å². The minimum atomic E-state index is -0.821. The van der Waals surface area contributed by atoms with Gasteiger partial charge >= 0.3 is 17.9 Å². The molecule has 0 bridgehead atoms. The molecule has 0 aromatic carbocycles. The summed E-state index contributed by atoms with van der Waals surface area (Å²) in [7, 11) is 0. The van der Waals surface area contributed by atoms with Crippen molar-refractivity contribution in [1.82, 2.24) is 0 Å². The summed E-state index contributed by atoms with van der Waals surface area (Å²) in [6, 6.07) is 0. The Labute approximate surface area is 400 Å². The van der Waals surface area contributed by atoms with Crippen molar-refractivity contribution >= 4 is 17.9 Å². The smallest absolute Gasteiger partial charge is 0.309 e. The maximum absolute atomic E-state index is 12.8. The summed E-state index contributed by atoms with van der Waals surface area (Å²) in [4.78, 5) is 37.9. The molecular formula is C59H98O6. The van der Waals surface area contributed by atoms with E-state index < -0.39 is 12.1 Å². The van der Waals surface area contributed by atoms with Gasteiger partial charge in [-0.1, -0.05) is 221 Å². The van der Waals surface area contributed by atoms with Crippen molar-refractivity contribution in [2.45, 2.75) is 245 Å². The summed E-state index contributed by atoms with van der Waals surface area (Å²) in [5.74, 6) is -1.06. The molecule has 0 radical (unpaired) electrons. The van der Waals surface area contributed by atoms with Crippen LogP contribution in [0, 0.1) is 0 Å². The predicted octanol–water partition coefficient (Wildman–Crippen LogP) is 17.8. The fourth-order valence-electron chi connectivity index (χ4n) is 7.14. The van der Waals surface area contributed by atoms with Crippen LogP contribution in [0.25, 0.3) is 0 Å². The molecule has 0 aliphatic rings. The van der Waals surface area contributed by atoms with Crippen LogP contribution in [0.3, 0.4) is 0 Å². The van der Waals surface area contributed by atoms with E-state index in [1.54, 1.807) is 6.08 Å². The molecule has 0 aromatic rings. The van der Waals surface area contributed by atoms with Gasteiger partial charge in [0.25, 0.3) is 0 Å². The molecule has 0 heterocycles. The van der Waals surface area contributed by atoms with Gasteiger partial charge in [0.2, 0.25) is 0 Å². The quantitative estimate of drug-likeness (QED) is 0.0262. The topological polar surface area (TPSA) is 78.9 Å². The van der Waals surface area contributed by atoms with E-state index in [0.717, 1.165) is 96.3 Å². The highest BCUT2D eigenvalue weighted by Crippen LogP contribution is 2.14. The van der Waals surface area contributed by atoms with Crippen molar-refractivity contribution in [1.29, 1.82) is 0 Å². The van der Waals surface area contributed by atoms with E-state index in [1.165, 1.54) is 103 Å². The molecule has 0 N–H and O–H groups in total. The minimum absolute atomic E-state index is 0.114. The molecule has 0 saturated carbocycles. The molecule has 0 aliphatic heterocycles. The molecule has 0 spiro atoms. The summed E-state index contributed by atoms with van der Waals surface area (Å²) in [6.45, 7) is 6.29. The van der Waals surface area contributed by atoms with Gasteiger partial charge in [-0.3, -0.25) is 14.4 Å². The lowest BCUT2D eigenvalue weighted by molar-refractivity contribution is -0.166. The molecule has 6 nitrogen and oxygen atoms in total.